The van der Waals surface area contributed by atoms with Crippen LogP contribution in [0.4, 0.5) is 5.00 Å². The Morgan fingerprint density at radius 3 is 2.24 bits per heavy atom. The molecule has 0 bridgehead atoms. The topological polar surface area (TPSA) is 55.4 Å². The Labute approximate surface area is 180 Å². The van der Waals surface area contributed by atoms with E-state index >= 15 is 0 Å². The number of carbonyl (C=O) groups is 2. The van der Waals surface area contributed by atoms with Gasteiger partial charge in [-0.1, -0.05) is 65.2 Å². The van der Waals surface area contributed by atoms with Gasteiger partial charge >= 0.3 is 5.97 Å². The van der Waals surface area contributed by atoms with Crippen molar-refractivity contribution in [2.24, 2.45) is 0 Å². The van der Waals surface area contributed by atoms with Crippen molar-refractivity contribution in [1.82, 2.24) is 0 Å². The van der Waals surface area contributed by atoms with Gasteiger partial charge in [-0.3, -0.25) is 4.79 Å². The van der Waals surface area contributed by atoms with Gasteiger partial charge in [0.1, 0.15) is 5.00 Å². The number of anilines is 1. The zero-order valence-corrected chi connectivity index (χ0v) is 19.3. The fourth-order valence-electron chi connectivity index (χ4n) is 3.92. The second-order valence-electron chi connectivity index (χ2n) is 8.18. The number of hydrogen-bond acceptors (Lipinski definition) is 4. The highest BCUT2D eigenvalue weighted by Crippen LogP contribution is 2.38. The zero-order chi connectivity index (χ0) is 20.9. The highest BCUT2D eigenvalue weighted by atomic mass is 32.1. The van der Waals surface area contributed by atoms with Gasteiger partial charge in [-0.25, -0.2) is 4.79 Å². The van der Waals surface area contributed by atoms with Gasteiger partial charge in [0.25, 0.3) is 0 Å². The molecule has 1 heterocycles. The van der Waals surface area contributed by atoms with Crippen molar-refractivity contribution in [3.05, 3.63) is 16.0 Å². The molecule has 1 aliphatic rings. The van der Waals surface area contributed by atoms with Crippen LogP contribution in [0.5, 0.6) is 0 Å². The lowest BCUT2D eigenvalue weighted by atomic mass is 9.95. The van der Waals surface area contributed by atoms with Crippen molar-refractivity contribution in [2.75, 3.05) is 11.9 Å². The summed E-state index contributed by atoms with van der Waals surface area (Å²) < 4.78 is 5.40. The van der Waals surface area contributed by atoms with Gasteiger partial charge in [-0.15, -0.1) is 11.3 Å². The number of unbranched alkanes of at least 4 members (excludes halogenated alkanes) is 8. The summed E-state index contributed by atoms with van der Waals surface area (Å²) >= 11 is 1.58. The molecule has 164 valence electrons. The number of hydrogen-bond donors (Lipinski definition) is 1. The van der Waals surface area contributed by atoms with Gasteiger partial charge in [0.15, 0.2) is 0 Å². The van der Waals surface area contributed by atoms with Gasteiger partial charge < -0.3 is 10.1 Å². The van der Waals surface area contributed by atoms with Crippen LogP contribution in [0.1, 0.15) is 118 Å². The van der Waals surface area contributed by atoms with Crippen LogP contribution in [-0.2, 0) is 22.4 Å². The predicted octanol–water partition coefficient (Wildman–Crippen LogP) is 7.05. The predicted molar refractivity (Wildman–Crippen MR) is 122 cm³/mol. The van der Waals surface area contributed by atoms with Gasteiger partial charge in [0.2, 0.25) is 5.91 Å². The third kappa shape index (κ3) is 8.12. The number of thiophene rings is 1. The Balaban J connectivity index is 1.79. The van der Waals surface area contributed by atoms with Crippen LogP contribution in [0.2, 0.25) is 0 Å². The van der Waals surface area contributed by atoms with Crippen molar-refractivity contribution < 1.29 is 14.3 Å². The van der Waals surface area contributed by atoms with Crippen molar-refractivity contribution in [1.29, 1.82) is 0 Å². The number of fused-ring (bicyclic) bond motifs is 1. The Morgan fingerprint density at radius 2 is 1.55 bits per heavy atom. The number of carbonyl (C=O) groups excluding carboxylic acids is 2. The fourth-order valence-corrected chi connectivity index (χ4v) is 5.22. The molecule has 0 atom stereocenters. The molecule has 0 aliphatic heterocycles. The van der Waals surface area contributed by atoms with Crippen LogP contribution in [0.25, 0.3) is 0 Å². The second kappa shape index (κ2) is 13.8. The summed E-state index contributed by atoms with van der Waals surface area (Å²) in [6, 6.07) is 0. The molecular formula is C24H39NO3S. The molecule has 1 aliphatic carbocycles. The summed E-state index contributed by atoms with van der Waals surface area (Å²) in [7, 11) is 0. The number of aryl methyl sites for hydroxylation is 1. The van der Waals surface area contributed by atoms with Crippen LogP contribution in [0.15, 0.2) is 0 Å². The maximum Gasteiger partial charge on any atom is 0.341 e. The van der Waals surface area contributed by atoms with E-state index in [4.69, 9.17) is 4.74 Å². The highest BCUT2D eigenvalue weighted by Gasteiger charge is 2.27. The minimum atomic E-state index is -0.273. The average Bonchev–Trinajstić information content (AvgIpc) is 3.08. The van der Waals surface area contributed by atoms with Crippen LogP contribution in [-0.4, -0.2) is 18.5 Å². The van der Waals surface area contributed by atoms with E-state index in [0.29, 0.717) is 23.6 Å². The first kappa shape index (κ1) is 23.9. The molecule has 4 nitrogen and oxygen atoms in total. The maximum absolute atomic E-state index is 12.6. The SMILES string of the molecule is CCCCCCCCCCCC(=O)Nc1sc2c(c1C(=O)OCCC)CCCC2. The lowest BCUT2D eigenvalue weighted by molar-refractivity contribution is -0.116. The van der Waals surface area contributed by atoms with Crippen LogP contribution in [0, 0.1) is 0 Å². The number of amides is 1. The van der Waals surface area contributed by atoms with Crippen molar-refractivity contribution >= 4 is 28.2 Å². The Morgan fingerprint density at radius 1 is 0.897 bits per heavy atom. The van der Waals surface area contributed by atoms with Crippen molar-refractivity contribution in [3.8, 4) is 0 Å². The summed E-state index contributed by atoms with van der Waals surface area (Å²) in [6.45, 7) is 4.66. The van der Waals surface area contributed by atoms with E-state index in [-0.39, 0.29) is 11.9 Å². The molecule has 0 fully saturated rings. The van der Waals surface area contributed by atoms with E-state index in [2.05, 4.69) is 12.2 Å². The fraction of sp³-hybridized carbons (Fsp3) is 0.750. The standard InChI is InChI=1S/C24H39NO3S/c1-3-5-6-7-8-9-10-11-12-17-21(26)25-23-22(24(27)28-18-4-2)19-15-13-14-16-20(19)29-23/h3-18H2,1-2H3,(H,25,26). The number of rotatable bonds is 14. The lowest BCUT2D eigenvalue weighted by Crippen LogP contribution is -2.15. The molecule has 1 amide bonds. The number of ether oxygens (including phenoxy) is 1. The number of esters is 1. The third-order valence-electron chi connectivity index (χ3n) is 5.57. The Kier molecular flexibility index (Phi) is 11.4. The maximum atomic E-state index is 12.6. The van der Waals surface area contributed by atoms with Crippen molar-refractivity contribution in [3.63, 3.8) is 0 Å². The first-order chi connectivity index (χ1) is 14.2. The Hall–Kier alpha value is -1.36. The molecule has 0 unspecified atom stereocenters. The first-order valence-corrected chi connectivity index (χ1v) is 12.6. The quantitative estimate of drug-likeness (QED) is 0.258. The van der Waals surface area contributed by atoms with Crippen LogP contribution >= 0.6 is 11.3 Å². The molecular weight excluding hydrogens is 382 g/mol. The summed E-state index contributed by atoms with van der Waals surface area (Å²) in [6.07, 6.45) is 16.7. The number of nitrogens with one attached hydrogen (secondary N) is 1. The van der Waals surface area contributed by atoms with E-state index in [1.807, 2.05) is 6.92 Å². The molecule has 0 saturated heterocycles. The molecule has 1 aromatic rings. The van der Waals surface area contributed by atoms with Gasteiger partial charge in [-0.05, 0) is 44.1 Å². The van der Waals surface area contributed by atoms with E-state index in [9.17, 15) is 9.59 Å². The van der Waals surface area contributed by atoms with Gasteiger partial charge in [0, 0.05) is 11.3 Å². The molecule has 5 heteroatoms. The molecule has 1 aromatic heterocycles. The monoisotopic (exact) mass is 421 g/mol. The first-order valence-electron chi connectivity index (χ1n) is 11.8. The average molecular weight is 422 g/mol. The van der Waals surface area contributed by atoms with Crippen LogP contribution in [0.3, 0.4) is 0 Å². The normalized spacial score (nSPS) is 13.2. The molecule has 2 rings (SSSR count). The third-order valence-corrected chi connectivity index (χ3v) is 6.78. The summed E-state index contributed by atoms with van der Waals surface area (Å²) in [4.78, 5) is 26.3. The summed E-state index contributed by atoms with van der Waals surface area (Å²) in [5, 5.41) is 3.74. The zero-order valence-electron chi connectivity index (χ0n) is 18.4. The molecule has 0 spiro atoms. The van der Waals surface area contributed by atoms with Gasteiger partial charge in [0.05, 0.1) is 12.2 Å². The molecule has 1 N–H and O–H groups in total. The van der Waals surface area contributed by atoms with E-state index in [1.54, 1.807) is 11.3 Å². The highest BCUT2D eigenvalue weighted by molar-refractivity contribution is 7.17. The molecule has 29 heavy (non-hydrogen) atoms. The summed E-state index contributed by atoms with van der Waals surface area (Å²) in [5.74, 6) is -0.249. The molecule has 0 saturated carbocycles. The Bertz CT molecular complexity index is 638. The smallest absolute Gasteiger partial charge is 0.341 e. The van der Waals surface area contributed by atoms with Crippen LogP contribution < -0.4 is 5.32 Å². The lowest BCUT2D eigenvalue weighted by Gasteiger charge is -2.12. The van der Waals surface area contributed by atoms with E-state index < -0.39 is 0 Å². The molecule has 0 aromatic carbocycles. The minimum absolute atomic E-state index is 0.0242. The second-order valence-corrected chi connectivity index (χ2v) is 9.28. The minimum Gasteiger partial charge on any atom is -0.462 e. The van der Waals surface area contributed by atoms with E-state index in [1.165, 1.54) is 49.8 Å². The molecule has 0 radical (unpaired) electrons. The largest absolute Gasteiger partial charge is 0.462 e. The van der Waals surface area contributed by atoms with E-state index in [0.717, 1.165) is 50.5 Å². The summed E-state index contributed by atoms with van der Waals surface area (Å²) in [5.41, 5.74) is 1.74. The van der Waals surface area contributed by atoms with Gasteiger partial charge in [-0.2, -0.15) is 0 Å². The van der Waals surface area contributed by atoms with Crippen molar-refractivity contribution in [2.45, 2.75) is 110 Å².